The fourth-order valence-electron chi connectivity index (χ4n) is 5.65. The van der Waals surface area contributed by atoms with Crippen molar-refractivity contribution in [2.45, 2.75) is 31.7 Å². The molecule has 3 aromatic rings. The van der Waals surface area contributed by atoms with Crippen LogP contribution in [0.5, 0.6) is 5.75 Å². The van der Waals surface area contributed by atoms with Crippen molar-refractivity contribution in [3.63, 3.8) is 0 Å². The Labute approximate surface area is 270 Å². The van der Waals surface area contributed by atoms with E-state index in [1.165, 1.54) is 34.2 Å². The second-order valence-corrected chi connectivity index (χ2v) is 10.9. The van der Waals surface area contributed by atoms with E-state index in [1.54, 1.807) is 54.2 Å². The number of halogens is 1. The van der Waals surface area contributed by atoms with E-state index in [0.717, 1.165) is 16.7 Å². The van der Waals surface area contributed by atoms with E-state index < -0.39 is 18.2 Å². The second-order valence-electron chi connectivity index (χ2n) is 10.9. The molecule has 0 radical (unpaired) electrons. The predicted molar refractivity (Wildman–Crippen MR) is 176 cm³/mol. The van der Waals surface area contributed by atoms with Gasteiger partial charge in [0.1, 0.15) is 23.8 Å². The molecule has 2 N–H and O–H groups in total. The number of carbonyl (C=O) groups is 3. The standard InChI is InChI=1S/C31H35FN6O4.2H2S/c1-34(2)26-16-24(32)12-11-23(26)18-36-19-28-37(27(30(36)41)15-21-9-13-25(39)14-10-21)29(40)20-35(3)38(28)31(42)33-17-22-7-5-4-6-8-22;;/h4-14,16,27-28,39H,15,17-20H2,1-3H3,(H,33,42);2*1H2/t27-,28-;;/m0../s1. The summed E-state index contributed by atoms with van der Waals surface area (Å²) in [5.41, 5.74) is 3.06. The normalized spacial score (nSPS) is 18.2. The molecule has 2 fully saturated rings. The number of benzene rings is 3. The van der Waals surface area contributed by atoms with Gasteiger partial charge in [0.2, 0.25) is 11.8 Å². The molecule has 0 saturated carbocycles. The first kappa shape index (κ1) is 34.5. The SMILES string of the molecule is CN(C)c1cc(F)ccc1CN1C[C@H]2N(C(=O)CN(C)N2C(=O)NCc2ccccc2)[C@@H](Cc2ccc(O)cc2)C1=O.S.S. The predicted octanol–water partition coefficient (Wildman–Crippen LogP) is 3.00. The molecule has 0 aromatic heterocycles. The number of anilines is 1. The lowest BCUT2D eigenvalue weighted by Crippen LogP contribution is -2.76. The summed E-state index contributed by atoms with van der Waals surface area (Å²) in [6.07, 6.45) is -0.569. The lowest BCUT2D eigenvalue weighted by Gasteiger charge is -2.54. The number of phenols is 1. The van der Waals surface area contributed by atoms with Gasteiger partial charge in [0.05, 0.1) is 13.1 Å². The van der Waals surface area contributed by atoms with E-state index in [-0.39, 0.29) is 76.4 Å². The van der Waals surface area contributed by atoms with Crippen LogP contribution in [0.1, 0.15) is 16.7 Å². The number of hydrogen-bond donors (Lipinski definition) is 2. The molecule has 44 heavy (non-hydrogen) atoms. The van der Waals surface area contributed by atoms with Crippen molar-refractivity contribution in [2.75, 3.05) is 39.1 Å². The molecule has 13 heteroatoms. The van der Waals surface area contributed by atoms with Crippen LogP contribution >= 0.6 is 27.0 Å². The minimum Gasteiger partial charge on any atom is -0.508 e. The maximum absolute atomic E-state index is 14.1. The minimum atomic E-state index is -0.887. The van der Waals surface area contributed by atoms with Gasteiger partial charge in [-0.15, -0.1) is 0 Å². The Bertz CT molecular complexity index is 1460. The van der Waals surface area contributed by atoms with Crippen molar-refractivity contribution >= 4 is 50.5 Å². The van der Waals surface area contributed by atoms with E-state index in [0.29, 0.717) is 12.2 Å². The summed E-state index contributed by atoms with van der Waals surface area (Å²) >= 11 is 0. The molecule has 2 aliphatic rings. The van der Waals surface area contributed by atoms with Crippen LogP contribution in [-0.2, 0) is 29.1 Å². The number of hydrazine groups is 1. The molecule has 0 aliphatic carbocycles. The first-order chi connectivity index (χ1) is 20.1. The highest BCUT2D eigenvalue weighted by Crippen LogP contribution is 2.30. The van der Waals surface area contributed by atoms with Gasteiger partial charge in [0.15, 0.2) is 0 Å². The smallest absolute Gasteiger partial charge is 0.334 e. The average molecular weight is 643 g/mol. The highest BCUT2D eigenvalue weighted by Gasteiger charge is 2.50. The highest BCUT2D eigenvalue weighted by molar-refractivity contribution is 7.59. The van der Waals surface area contributed by atoms with Gasteiger partial charge < -0.3 is 25.1 Å². The number of hydrogen-bond acceptors (Lipinski definition) is 6. The molecule has 0 bridgehead atoms. The number of fused-ring (bicyclic) bond motifs is 1. The highest BCUT2D eigenvalue weighted by atomic mass is 32.1. The third-order valence-corrected chi connectivity index (χ3v) is 7.69. The third kappa shape index (κ3) is 7.40. The van der Waals surface area contributed by atoms with Crippen LogP contribution in [0.4, 0.5) is 14.9 Å². The van der Waals surface area contributed by atoms with E-state index >= 15 is 0 Å². The Morgan fingerprint density at radius 1 is 1.00 bits per heavy atom. The van der Waals surface area contributed by atoms with Crippen molar-refractivity contribution < 1.29 is 23.9 Å². The molecule has 2 heterocycles. The van der Waals surface area contributed by atoms with Gasteiger partial charge in [-0.2, -0.15) is 27.0 Å². The number of aromatic hydroxyl groups is 1. The van der Waals surface area contributed by atoms with E-state index in [2.05, 4.69) is 5.32 Å². The maximum Gasteiger partial charge on any atom is 0.334 e. The quantitative estimate of drug-likeness (QED) is 0.411. The fourth-order valence-corrected chi connectivity index (χ4v) is 5.65. The zero-order chi connectivity index (χ0) is 30.0. The van der Waals surface area contributed by atoms with E-state index in [1.807, 2.05) is 30.3 Å². The van der Waals surface area contributed by atoms with Crippen LogP contribution in [0, 0.1) is 5.82 Å². The number of nitrogens with one attached hydrogen (secondary N) is 1. The molecule has 2 atom stereocenters. The topological polar surface area (TPSA) is 99.7 Å². The van der Waals surface area contributed by atoms with Crippen LogP contribution in [0.3, 0.4) is 0 Å². The van der Waals surface area contributed by atoms with E-state index in [4.69, 9.17) is 0 Å². The summed E-state index contributed by atoms with van der Waals surface area (Å²) in [6.45, 7) is 0.466. The molecule has 4 amide bonds. The minimum absolute atomic E-state index is 0. The third-order valence-electron chi connectivity index (χ3n) is 7.69. The average Bonchev–Trinajstić information content (AvgIpc) is 2.96. The summed E-state index contributed by atoms with van der Waals surface area (Å²) in [4.78, 5) is 46.1. The molecule has 10 nitrogen and oxygen atoms in total. The number of likely N-dealkylation sites (N-methyl/N-ethyl adjacent to an activating group) is 1. The summed E-state index contributed by atoms with van der Waals surface area (Å²) in [6, 6.07) is 19.2. The number of piperazine rings is 1. The van der Waals surface area contributed by atoms with Crippen molar-refractivity contribution in [3.05, 3.63) is 95.3 Å². The van der Waals surface area contributed by atoms with Crippen molar-refractivity contribution in [1.29, 1.82) is 0 Å². The molecule has 2 aliphatic heterocycles. The van der Waals surface area contributed by atoms with Gasteiger partial charge in [0, 0.05) is 46.3 Å². The Morgan fingerprint density at radius 3 is 2.34 bits per heavy atom. The summed E-state index contributed by atoms with van der Waals surface area (Å²) in [5.74, 6) is -0.819. The number of amides is 4. The molecule has 5 rings (SSSR count). The van der Waals surface area contributed by atoms with Gasteiger partial charge in [0.25, 0.3) is 0 Å². The van der Waals surface area contributed by atoms with Gasteiger partial charge in [-0.05, 0) is 41.0 Å². The molecule has 0 spiro atoms. The van der Waals surface area contributed by atoms with Crippen molar-refractivity contribution in [1.82, 2.24) is 25.1 Å². The number of rotatable bonds is 7. The summed E-state index contributed by atoms with van der Waals surface area (Å²) < 4.78 is 14.1. The van der Waals surface area contributed by atoms with Crippen LogP contribution in [0.15, 0.2) is 72.8 Å². The number of urea groups is 1. The fraction of sp³-hybridized carbons (Fsp3) is 0.323. The van der Waals surface area contributed by atoms with Crippen LogP contribution in [0.2, 0.25) is 0 Å². The van der Waals surface area contributed by atoms with Gasteiger partial charge in [-0.1, -0.05) is 48.5 Å². The van der Waals surface area contributed by atoms with Crippen molar-refractivity contribution in [3.8, 4) is 5.75 Å². The first-order valence-electron chi connectivity index (χ1n) is 13.8. The number of phenolic OH excluding ortho intramolecular Hbond substituents is 1. The number of carbonyl (C=O) groups excluding carboxylic acids is 3. The summed E-state index contributed by atoms with van der Waals surface area (Å²) in [7, 11) is 5.29. The molecule has 2 saturated heterocycles. The molecule has 236 valence electrons. The lowest BCUT2D eigenvalue weighted by atomic mass is 9.98. The Balaban J connectivity index is 0.00000264. The van der Waals surface area contributed by atoms with Crippen LogP contribution in [0.25, 0.3) is 0 Å². The van der Waals surface area contributed by atoms with Crippen LogP contribution < -0.4 is 10.2 Å². The first-order valence-corrected chi connectivity index (χ1v) is 13.8. The van der Waals surface area contributed by atoms with Crippen molar-refractivity contribution in [2.24, 2.45) is 0 Å². The van der Waals surface area contributed by atoms with Gasteiger partial charge in [-0.3, -0.25) is 9.59 Å². The Morgan fingerprint density at radius 2 is 1.68 bits per heavy atom. The second kappa shape index (κ2) is 14.7. The van der Waals surface area contributed by atoms with E-state index in [9.17, 15) is 23.9 Å². The zero-order valence-corrected chi connectivity index (χ0v) is 26.9. The molecule has 0 unspecified atom stereocenters. The van der Waals surface area contributed by atoms with Gasteiger partial charge in [-0.25, -0.2) is 19.2 Å². The summed E-state index contributed by atoms with van der Waals surface area (Å²) in [5, 5.41) is 15.8. The largest absolute Gasteiger partial charge is 0.508 e. The zero-order valence-electron chi connectivity index (χ0n) is 24.9. The lowest BCUT2D eigenvalue weighted by molar-refractivity contribution is -0.187. The molecule has 3 aromatic carbocycles. The number of nitrogens with zero attached hydrogens (tertiary/aromatic N) is 5. The van der Waals surface area contributed by atoms with Crippen LogP contribution in [-0.4, -0.2) is 89.2 Å². The Hall–Kier alpha value is -3.94. The molecular formula is C31H39FN6O4S2. The molecular weight excluding hydrogens is 604 g/mol. The Kier molecular flexibility index (Phi) is 11.5. The monoisotopic (exact) mass is 642 g/mol. The van der Waals surface area contributed by atoms with Gasteiger partial charge >= 0.3 is 6.03 Å². The maximum atomic E-state index is 14.1.